The van der Waals surface area contributed by atoms with Crippen LogP contribution in [0.5, 0.6) is 0 Å². The molecule has 302 valence electrons. The SMILES string of the molecule is c1ccc(N(c2ccccc2)c2cc(-c3cccc(-c4ccccc4-c4cc(N(c5ccccc5)c5ccccc5)cc5c4sc4ccccc45)c3)c3sc4ccccc4c3c2)cc1. The van der Waals surface area contributed by atoms with Crippen LogP contribution in [0.3, 0.4) is 0 Å². The Hall–Kier alpha value is -7.76. The summed E-state index contributed by atoms with van der Waals surface area (Å²) in [6.45, 7) is 0. The lowest BCUT2D eigenvalue weighted by Crippen LogP contribution is -2.09. The molecule has 0 aliphatic rings. The minimum absolute atomic E-state index is 1.12. The van der Waals surface area contributed by atoms with E-state index in [1.54, 1.807) is 0 Å². The Kier molecular flexibility index (Phi) is 9.59. The molecule has 0 atom stereocenters. The second-order valence-corrected chi connectivity index (χ2v) is 18.2. The van der Waals surface area contributed by atoms with Crippen LogP contribution in [-0.2, 0) is 0 Å². The van der Waals surface area contributed by atoms with Crippen molar-refractivity contribution in [2.75, 3.05) is 9.80 Å². The molecule has 12 aromatic rings. The Morgan fingerprint density at radius 1 is 0.234 bits per heavy atom. The number of anilines is 6. The molecule has 0 spiro atoms. The molecule has 0 fully saturated rings. The van der Waals surface area contributed by atoms with Crippen LogP contribution in [0.2, 0.25) is 0 Å². The zero-order valence-electron chi connectivity index (χ0n) is 34.8. The first-order valence-corrected chi connectivity index (χ1v) is 23.3. The molecule has 0 saturated heterocycles. The second kappa shape index (κ2) is 16.2. The molecular weight excluding hydrogens is 813 g/mol. The highest BCUT2D eigenvalue weighted by Crippen LogP contribution is 2.49. The highest BCUT2D eigenvalue weighted by Gasteiger charge is 2.22. The van der Waals surface area contributed by atoms with E-state index in [0.29, 0.717) is 0 Å². The molecule has 0 unspecified atom stereocenters. The summed E-state index contributed by atoms with van der Waals surface area (Å²) in [6.07, 6.45) is 0. The van der Waals surface area contributed by atoms with E-state index in [1.165, 1.54) is 73.7 Å². The second-order valence-electron chi connectivity index (χ2n) is 16.1. The zero-order valence-corrected chi connectivity index (χ0v) is 36.4. The van der Waals surface area contributed by atoms with E-state index in [2.05, 4.69) is 252 Å². The third-order valence-corrected chi connectivity index (χ3v) is 14.6. The van der Waals surface area contributed by atoms with Gasteiger partial charge in [-0.25, -0.2) is 0 Å². The van der Waals surface area contributed by atoms with E-state index in [1.807, 2.05) is 22.7 Å². The third kappa shape index (κ3) is 6.72. The molecular formula is C60H40N2S2. The molecule has 2 nitrogen and oxygen atoms in total. The number of nitrogens with zero attached hydrogens (tertiary/aromatic N) is 2. The Balaban J connectivity index is 1.07. The molecule has 0 radical (unpaired) electrons. The minimum Gasteiger partial charge on any atom is -0.310 e. The van der Waals surface area contributed by atoms with Crippen LogP contribution in [0, 0.1) is 0 Å². The fourth-order valence-electron chi connectivity index (χ4n) is 9.32. The first-order valence-electron chi connectivity index (χ1n) is 21.7. The maximum absolute atomic E-state index is 2.41. The van der Waals surface area contributed by atoms with Gasteiger partial charge in [-0.3, -0.25) is 0 Å². The first-order chi connectivity index (χ1) is 31.7. The monoisotopic (exact) mass is 852 g/mol. The lowest BCUT2D eigenvalue weighted by atomic mass is 9.91. The van der Waals surface area contributed by atoms with Gasteiger partial charge in [0.25, 0.3) is 0 Å². The largest absolute Gasteiger partial charge is 0.310 e. The van der Waals surface area contributed by atoms with Gasteiger partial charge in [0.2, 0.25) is 0 Å². The highest BCUT2D eigenvalue weighted by molar-refractivity contribution is 7.26. The van der Waals surface area contributed by atoms with Gasteiger partial charge in [-0.15, -0.1) is 22.7 Å². The van der Waals surface area contributed by atoms with Crippen molar-refractivity contribution in [3.63, 3.8) is 0 Å². The summed E-state index contributed by atoms with van der Waals surface area (Å²) in [5.74, 6) is 0. The lowest BCUT2D eigenvalue weighted by molar-refractivity contribution is 1.29. The normalized spacial score (nSPS) is 11.4. The van der Waals surface area contributed by atoms with Crippen molar-refractivity contribution < 1.29 is 0 Å². The van der Waals surface area contributed by atoms with Crippen molar-refractivity contribution in [2.45, 2.75) is 0 Å². The number of fused-ring (bicyclic) bond motifs is 6. The molecule has 12 rings (SSSR count). The Morgan fingerprint density at radius 2 is 0.609 bits per heavy atom. The number of hydrogen-bond acceptors (Lipinski definition) is 4. The van der Waals surface area contributed by atoms with Gasteiger partial charge < -0.3 is 9.80 Å². The molecule has 0 bridgehead atoms. The van der Waals surface area contributed by atoms with Crippen LogP contribution in [0.4, 0.5) is 34.1 Å². The zero-order chi connectivity index (χ0) is 42.4. The molecule has 10 aromatic carbocycles. The average molecular weight is 853 g/mol. The van der Waals surface area contributed by atoms with Crippen LogP contribution in [0.15, 0.2) is 243 Å². The van der Waals surface area contributed by atoms with Crippen molar-refractivity contribution in [1.82, 2.24) is 0 Å². The molecule has 0 N–H and O–H groups in total. The summed E-state index contributed by atoms with van der Waals surface area (Å²) in [5, 5.41) is 5.08. The summed E-state index contributed by atoms with van der Waals surface area (Å²) in [6, 6.07) is 88.3. The van der Waals surface area contributed by atoms with Crippen LogP contribution < -0.4 is 9.80 Å². The van der Waals surface area contributed by atoms with E-state index >= 15 is 0 Å². The van der Waals surface area contributed by atoms with Crippen LogP contribution in [0.1, 0.15) is 0 Å². The van der Waals surface area contributed by atoms with E-state index in [9.17, 15) is 0 Å². The lowest BCUT2D eigenvalue weighted by Gasteiger charge is -2.26. The van der Waals surface area contributed by atoms with E-state index in [-0.39, 0.29) is 0 Å². The van der Waals surface area contributed by atoms with Crippen LogP contribution >= 0.6 is 22.7 Å². The van der Waals surface area contributed by atoms with Crippen molar-refractivity contribution in [2.24, 2.45) is 0 Å². The maximum Gasteiger partial charge on any atom is 0.0475 e. The number of rotatable bonds is 9. The van der Waals surface area contributed by atoms with Crippen molar-refractivity contribution >= 4 is 97.1 Å². The number of thiophene rings is 2. The Bertz CT molecular complexity index is 3540. The number of para-hydroxylation sites is 4. The predicted octanol–water partition coefficient (Wildman–Crippen LogP) is 18.4. The Morgan fingerprint density at radius 3 is 1.09 bits per heavy atom. The molecule has 0 aliphatic heterocycles. The standard InChI is InChI=1S/C60H40N2S2/c1-5-22-43(23-6-1)61(44-24-7-2-8-25-44)47-37-53(59-55(39-47)51-32-15-17-34-57(51)63-59)42-21-19-20-41(36-42)49-30-13-14-31-50(49)54-38-48(40-56-52-33-16-18-35-58(52)64-60(54)56)62(45-26-9-3-10-27-45)46-28-11-4-12-29-46/h1-40H. The number of hydrogen-bond donors (Lipinski definition) is 0. The van der Waals surface area contributed by atoms with Gasteiger partial charge >= 0.3 is 0 Å². The molecule has 0 aliphatic carbocycles. The van der Waals surface area contributed by atoms with E-state index in [0.717, 1.165) is 34.1 Å². The number of benzene rings is 10. The van der Waals surface area contributed by atoms with Gasteiger partial charge in [-0.2, -0.15) is 0 Å². The molecule has 4 heteroatoms. The van der Waals surface area contributed by atoms with Crippen molar-refractivity contribution in [3.05, 3.63) is 243 Å². The summed E-state index contributed by atoms with van der Waals surface area (Å²) >= 11 is 3.76. The van der Waals surface area contributed by atoms with Crippen LogP contribution in [-0.4, -0.2) is 0 Å². The molecule has 2 aromatic heterocycles. The van der Waals surface area contributed by atoms with Gasteiger partial charge in [0.05, 0.1) is 0 Å². The predicted molar refractivity (Wildman–Crippen MR) is 278 cm³/mol. The third-order valence-electron chi connectivity index (χ3n) is 12.2. The maximum atomic E-state index is 2.41. The summed E-state index contributed by atoms with van der Waals surface area (Å²) in [4.78, 5) is 4.77. The van der Waals surface area contributed by atoms with Gasteiger partial charge in [0.1, 0.15) is 0 Å². The quantitative estimate of drug-likeness (QED) is 0.143. The van der Waals surface area contributed by atoms with Gasteiger partial charge in [0, 0.05) is 85.6 Å². The summed E-state index contributed by atoms with van der Waals surface area (Å²) < 4.78 is 5.15. The van der Waals surface area contributed by atoms with E-state index in [4.69, 9.17) is 0 Å². The van der Waals surface area contributed by atoms with Gasteiger partial charge in [0.15, 0.2) is 0 Å². The van der Waals surface area contributed by atoms with Crippen molar-refractivity contribution in [3.8, 4) is 33.4 Å². The van der Waals surface area contributed by atoms with Crippen LogP contribution in [0.25, 0.3) is 73.7 Å². The minimum atomic E-state index is 1.12. The smallest absolute Gasteiger partial charge is 0.0475 e. The molecule has 0 amide bonds. The molecule has 64 heavy (non-hydrogen) atoms. The molecule has 2 heterocycles. The summed E-state index contributed by atoms with van der Waals surface area (Å²) in [7, 11) is 0. The highest BCUT2D eigenvalue weighted by atomic mass is 32.1. The Labute approximate surface area is 380 Å². The van der Waals surface area contributed by atoms with Gasteiger partial charge in [-0.05, 0) is 113 Å². The fourth-order valence-corrected chi connectivity index (χ4v) is 11.8. The van der Waals surface area contributed by atoms with E-state index < -0.39 is 0 Å². The average Bonchev–Trinajstić information content (AvgIpc) is 3.94. The fraction of sp³-hybridized carbons (Fsp3) is 0. The van der Waals surface area contributed by atoms with Crippen molar-refractivity contribution in [1.29, 1.82) is 0 Å². The topological polar surface area (TPSA) is 6.48 Å². The summed E-state index contributed by atoms with van der Waals surface area (Å²) in [5.41, 5.74) is 13.9. The first kappa shape index (κ1) is 38.0. The molecule has 0 saturated carbocycles. The van der Waals surface area contributed by atoms with Gasteiger partial charge in [-0.1, -0.05) is 152 Å².